The van der Waals surface area contributed by atoms with Crippen LogP contribution in [0.25, 0.3) is 55.6 Å². The van der Waals surface area contributed by atoms with Gasteiger partial charge in [-0.15, -0.1) is 23.8 Å². The molecule has 0 bridgehead atoms. The van der Waals surface area contributed by atoms with E-state index in [2.05, 4.69) is 116 Å². The molecule has 0 fully saturated rings. The molecule has 1 atom stereocenters. The predicted molar refractivity (Wildman–Crippen MR) is 220 cm³/mol. The molecular weight excluding hydrogens is 873 g/mol. The summed E-state index contributed by atoms with van der Waals surface area (Å²) in [7, 11) is 0. The van der Waals surface area contributed by atoms with Crippen molar-refractivity contribution in [1.82, 2.24) is 9.97 Å². The molecule has 0 aliphatic heterocycles. The van der Waals surface area contributed by atoms with Crippen molar-refractivity contribution in [2.75, 3.05) is 0 Å². The van der Waals surface area contributed by atoms with Crippen LogP contribution in [0.15, 0.2) is 108 Å². The second-order valence-electron chi connectivity index (χ2n) is 15.1. The van der Waals surface area contributed by atoms with Gasteiger partial charge in [0.2, 0.25) is 0 Å². The molecule has 0 saturated heterocycles. The number of rotatable bonds is 7. The number of fused-ring (bicyclic) bond motifs is 3. The first-order chi connectivity index (χ1) is 24.9. The molecule has 0 saturated carbocycles. The standard InChI is InChI=1S/C30H28NO.C17H22GeN.Ir/c1-18(2)21(5)22-13-14-31-27(16-22)23-10-12-28-26(15-23)25-11-9-24(17-29(25)32-28)30-19(3)7-6-8-20(30)4;1-13(2)15-11-17(14-9-7-6-8-10-14)19-12-16(15)18(3,4)5;/h6-9,11-18,21H,1-5H3;6-9,11-13H,1-5H3;/q2*-1;/i21D;13D;. The van der Waals surface area contributed by atoms with Gasteiger partial charge in [-0.3, -0.25) is 0 Å². The van der Waals surface area contributed by atoms with E-state index in [1.165, 1.54) is 26.6 Å². The summed E-state index contributed by atoms with van der Waals surface area (Å²) in [6, 6.07) is 37.3. The number of aryl methyl sites for hydroxylation is 2. The summed E-state index contributed by atoms with van der Waals surface area (Å²) >= 11 is -2.03. The minimum atomic E-state index is -2.03. The maximum absolute atomic E-state index is 8.76. The Balaban J connectivity index is 0.000000230. The maximum atomic E-state index is 8.76. The van der Waals surface area contributed by atoms with Crippen molar-refractivity contribution < 1.29 is 27.3 Å². The number of hydrogen-bond acceptors (Lipinski definition) is 3. The van der Waals surface area contributed by atoms with Gasteiger partial charge >= 0.3 is 120 Å². The quantitative estimate of drug-likeness (QED) is 0.118. The van der Waals surface area contributed by atoms with Crippen molar-refractivity contribution in [2.45, 2.75) is 77.5 Å². The molecule has 0 aliphatic carbocycles. The average Bonchev–Trinajstić information content (AvgIpc) is 3.48. The van der Waals surface area contributed by atoms with Crippen LogP contribution in [0.4, 0.5) is 0 Å². The molecule has 0 spiro atoms. The van der Waals surface area contributed by atoms with E-state index in [4.69, 9.17) is 7.16 Å². The Bertz CT molecular complexity index is 2390. The summed E-state index contributed by atoms with van der Waals surface area (Å²) in [6.45, 7) is 14.3. The summed E-state index contributed by atoms with van der Waals surface area (Å²) < 4.78 is 24.7. The van der Waals surface area contributed by atoms with Gasteiger partial charge in [0.25, 0.3) is 0 Å². The second kappa shape index (κ2) is 16.5. The summed E-state index contributed by atoms with van der Waals surface area (Å²) in [6.07, 6.45) is 3.80. The Morgan fingerprint density at radius 2 is 1.46 bits per heavy atom. The molecule has 5 heteroatoms. The predicted octanol–water partition coefficient (Wildman–Crippen LogP) is 12.7. The minimum absolute atomic E-state index is 0. The van der Waals surface area contributed by atoms with Gasteiger partial charge in [0.1, 0.15) is 5.58 Å². The zero-order chi connectivity index (χ0) is 38.3. The topological polar surface area (TPSA) is 38.9 Å². The van der Waals surface area contributed by atoms with Crippen molar-refractivity contribution in [3.8, 4) is 33.6 Å². The molecule has 0 aliphatic rings. The maximum Gasteiger partial charge on any atom is 0.121 e. The molecule has 7 aromatic rings. The fourth-order valence-corrected chi connectivity index (χ4v) is 9.94. The fourth-order valence-electron chi connectivity index (χ4n) is 6.62. The van der Waals surface area contributed by atoms with Crippen molar-refractivity contribution >= 4 is 39.6 Å². The number of pyridine rings is 2. The monoisotopic (exact) mass is 927 g/mol. The number of benzene rings is 4. The van der Waals surface area contributed by atoms with E-state index in [-0.39, 0.29) is 26.0 Å². The van der Waals surface area contributed by atoms with Gasteiger partial charge in [-0.25, -0.2) is 0 Å². The zero-order valence-electron chi connectivity index (χ0n) is 34.0. The Hall–Kier alpha value is -3.83. The van der Waals surface area contributed by atoms with Gasteiger partial charge < -0.3 is 9.40 Å². The smallest absolute Gasteiger partial charge is 0.121 e. The van der Waals surface area contributed by atoms with Crippen LogP contribution in [-0.4, -0.2) is 23.2 Å². The normalized spacial score (nSPS) is 13.5. The van der Waals surface area contributed by atoms with Crippen LogP contribution in [0, 0.1) is 31.9 Å². The molecule has 52 heavy (non-hydrogen) atoms. The zero-order valence-corrected chi connectivity index (χ0v) is 36.5. The van der Waals surface area contributed by atoms with Crippen LogP contribution >= 0.6 is 0 Å². The van der Waals surface area contributed by atoms with Crippen LogP contribution in [0.3, 0.4) is 0 Å². The largest absolute Gasteiger partial charge is 0.500 e. The Kier molecular flexibility index (Phi) is 11.6. The molecule has 269 valence electrons. The van der Waals surface area contributed by atoms with Crippen molar-refractivity contribution in [2.24, 2.45) is 5.92 Å². The molecule has 1 radical (unpaired) electrons. The first-order valence-corrected chi connectivity index (χ1v) is 25.2. The molecule has 7 rings (SSSR count). The summed E-state index contributed by atoms with van der Waals surface area (Å²) in [4.78, 5) is 9.20. The van der Waals surface area contributed by atoms with Crippen LogP contribution in [0.2, 0.25) is 17.3 Å². The Labute approximate surface area is 329 Å². The molecule has 3 nitrogen and oxygen atoms in total. The number of hydrogen-bond donors (Lipinski definition) is 0. The molecule has 3 aromatic heterocycles. The van der Waals surface area contributed by atoms with Gasteiger partial charge in [0.15, 0.2) is 0 Å². The second-order valence-corrected chi connectivity index (χ2v) is 25.7. The van der Waals surface area contributed by atoms with E-state index in [1.807, 2.05) is 69.4 Å². The average molecular weight is 926 g/mol. The van der Waals surface area contributed by atoms with E-state index in [0.717, 1.165) is 55.6 Å². The fraction of sp³-hybridized carbons (Fsp3) is 0.277. The summed E-state index contributed by atoms with van der Waals surface area (Å²) in [5.41, 5.74) is 12.4. The van der Waals surface area contributed by atoms with E-state index in [1.54, 1.807) is 6.20 Å². The van der Waals surface area contributed by atoms with Crippen LogP contribution in [0.5, 0.6) is 0 Å². The molecule has 4 aromatic carbocycles. The van der Waals surface area contributed by atoms with Crippen molar-refractivity contribution in [3.63, 3.8) is 0 Å². The molecule has 3 heterocycles. The number of nitrogens with zero attached hydrogens (tertiary/aromatic N) is 2. The van der Waals surface area contributed by atoms with E-state index < -0.39 is 25.1 Å². The first-order valence-electron chi connectivity index (χ1n) is 18.8. The van der Waals surface area contributed by atoms with E-state index in [0.29, 0.717) is 0 Å². The number of furan rings is 1. The third kappa shape index (κ3) is 8.52. The van der Waals surface area contributed by atoms with Gasteiger partial charge in [0, 0.05) is 33.1 Å². The van der Waals surface area contributed by atoms with Gasteiger partial charge in [-0.05, 0) is 65.7 Å². The minimum Gasteiger partial charge on any atom is -0.500 e. The van der Waals surface area contributed by atoms with E-state index >= 15 is 0 Å². The van der Waals surface area contributed by atoms with Crippen LogP contribution < -0.4 is 4.40 Å². The van der Waals surface area contributed by atoms with E-state index in [9.17, 15) is 0 Å². The Morgan fingerprint density at radius 3 is 2.12 bits per heavy atom. The van der Waals surface area contributed by atoms with Crippen molar-refractivity contribution in [3.05, 3.63) is 138 Å². The van der Waals surface area contributed by atoms with Gasteiger partial charge in [0.05, 0.1) is 5.58 Å². The summed E-state index contributed by atoms with van der Waals surface area (Å²) in [5.74, 6) is 5.97. The third-order valence-corrected chi connectivity index (χ3v) is 14.0. The molecule has 1 unspecified atom stereocenters. The van der Waals surface area contributed by atoms with Crippen LogP contribution in [-0.2, 0) is 20.1 Å². The molecular formula is C47H50GeIrN2O-2. The SMILES string of the molecule is [2H]C(C)(C)c1cc(-c2[c-]cccc2)nc[c]1[Ge]([CH3])([CH3])[CH3].[2H]C(C)(c1ccnc(-c2[c-]cc3oc4cc(-c5c(C)cccc5C)ccc4c3c2)c1)C(C)C.[Ir]. The van der Waals surface area contributed by atoms with Crippen molar-refractivity contribution in [1.29, 1.82) is 0 Å². The third-order valence-electron chi connectivity index (χ3n) is 9.77. The number of aromatic nitrogens is 2. The van der Waals surface area contributed by atoms with Gasteiger partial charge in [-0.2, -0.15) is 0 Å². The molecule has 0 amide bonds. The van der Waals surface area contributed by atoms with Gasteiger partial charge in [-0.1, -0.05) is 68.1 Å². The summed E-state index contributed by atoms with van der Waals surface area (Å²) in [5, 5.41) is 2.13. The Morgan fingerprint density at radius 1 is 0.731 bits per heavy atom. The van der Waals surface area contributed by atoms with Crippen LogP contribution in [0.1, 0.15) is 71.4 Å². The molecule has 0 N–H and O–H groups in total. The first kappa shape index (κ1) is 36.5.